The number of aromatic amines is 1. The molecule has 0 spiro atoms. The van der Waals surface area contributed by atoms with Crippen LogP contribution in [0.3, 0.4) is 0 Å². The molecule has 0 unspecified atom stereocenters. The summed E-state index contributed by atoms with van der Waals surface area (Å²) in [7, 11) is 1.84. The van der Waals surface area contributed by atoms with Crippen LogP contribution in [-0.4, -0.2) is 35.6 Å². The van der Waals surface area contributed by atoms with Crippen molar-refractivity contribution in [2.75, 3.05) is 13.6 Å². The Labute approximate surface area is 161 Å². The molecular formula is C18H28IN5. The highest BCUT2D eigenvalue weighted by atomic mass is 127. The second kappa shape index (κ2) is 9.86. The van der Waals surface area contributed by atoms with Gasteiger partial charge in [-0.3, -0.25) is 4.99 Å². The molecule has 6 heteroatoms. The van der Waals surface area contributed by atoms with Gasteiger partial charge in [0.25, 0.3) is 0 Å². The quantitative estimate of drug-likeness (QED) is 0.288. The Morgan fingerprint density at radius 3 is 2.79 bits per heavy atom. The second-order valence-corrected chi connectivity index (χ2v) is 6.28. The lowest BCUT2D eigenvalue weighted by Crippen LogP contribution is -2.44. The molecule has 0 bridgehead atoms. The molecule has 0 saturated heterocycles. The molecular weight excluding hydrogens is 413 g/mol. The lowest BCUT2D eigenvalue weighted by molar-refractivity contribution is 0.410. The van der Waals surface area contributed by atoms with Crippen molar-refractivity contribution in [2.45, 2.75) is 51.0 Å². The minimum Gasteiger partial charge on any atom is -0.356 e. The Bertz CT molecular complexity index is 613. The van der Waals surface area contributed by atoms with Gasteiger partial charge in [-0.2, -0.15) is 0 Å². The van der Waals surface area contributed by atoms with Gasteiger partial charge in [0, 0.05) is 26.1 Å². The Balaban J connectivity index is 0.00000208. The van der Waals surface area contributed by atoms with Crippen molar-refractivity contribution in [3.63, 3.8) is 0 Å². The van der Waals surface area contributed by atoms with Crippen LogP contribution in [0.25, 0.3) is 11.0 Å². The fraction of sp³-hybridized carbons (Fsp3) is 0.556. The zero-order chi connectivity index (χ0) is 15.9. The van der Waals surface area contributed by atoms with Gasteiger partial charge in [0.2, 0.25) is 0 Å². The van der Waals surface area contributed by atoms with Crippen LogP contribution in [0.15, 0.2) is 29.3 Å². The normalized spacial score (nSPS) is 16.0. The number of H-pyrrole nitrogens is 1. The van der Waals surface area contributed by atoms with E-state index in [1.54, 1.807) is 0 Å². The number of para-hydroxylation sites is 2. The van der Waals surface area contributed by atoms with Crippen molar-refractivity contribution in [2.24, 2.45) is 4.99 Å². The summed E-state index contributed by atoms with van der Waals surface area (Å²) in [6, 6.07) is 8.76. The SMILES string of the molecule is CN=C(NCCCc1nc2ccccc2[nH]1)NC1CCCCC1.I. The van der Waals surface area contributed by atoms with Crippen molar-refractivity contribution in [1.29, 1.82) is 0 Å². The van der Waals surface area contributed by atoms with E-state index in [0.717, 1.165) is 42.2 Å². The van der Waals surface area contributed by atoms with Gasteiger partial charge in [0.15, 0.2) is 5.96 Å². The first-order chi connectivity index (χ1) is 11.3. The van der Waals surface area contributed by atoms with E-state index in [4.69, 9.17) is 0 Å². The molecule has 1 aliphatic carbocycles. The van der Waals surface area contributed by atoms with Gasteiger partial charge >= 0.3 is 0 Å². The number of nitrogens with one attached hydrogen (secondary N) is 3. The van der Waals surface area contributed by atoms with Gasteiger partial charge in [-0.25, -0.2) is 4.98 Å². The van der Waals surface area contributed by atoms with E-state index in [2.05, 4.69) is 31.7 Å². The summed E-state index contributed by atoms with van der Waals surface area (Å²) in [6.45, 7) is 0.906. The maximum atomic E-state index is 4.61. The van der Waals surface area contributed by atoms with Crippen molar-refractivity contribution in [1.82, 2.24) is 20.6 Å². The number of imidazole rings is 1. The van der Waals surface area contributed by atoms with Crippen LogP contribution < -0.4 is 10.6 Å². The van der Waals surface area contributed by atoms with Crippen molar-refractivity contribution < 1.29 is 0 Å². The largest absolute Gasteiger partial charge is 0.356 e. The molecule has 1 aromatic heterocycles. The smallest absolute Gasteiger partial charge is 0.191 e. The van der Waals surface area contributed by atoms with E-state index in [0.29, 0.717) is 6.04 Å². The van der Waals surface area contributed by atoms with Crippen molar-refractivity contribution in [3.8, 4) is 0 Å². The predicted molar refractivity (Wildman–Crippen MR) is 111 cm³/mol. The summed E-state index contributed by atoms with van der Waals surface area (Å²) >= 11 is 0. The standard InChI is InChI=1S/C18H27N5.HI/c1-19-18(21-14-8-3-2-4-9-14)20-13-7-12-17-22-15-10-5-6-11-16(15)23-17;/h5-6,10-11,14H,2-4,7-9,12-13H2,1H3,(H,22,23)(H2,19,20,21);1H. The highest BCUT2D eigenvalue weighted by Crippen LogP contribution is 2.17. The second-order valence-electron chi connectivity index (χ2n) is 6.28. The van der Waals surface area contributed by atoms with Gasteiger partial charge in [-0.15, -0.1) is 24.0 Å². The van der Waals surface area contributed by atoms with Gasteiger partial charge in [0.1, 0.15) is 5.82 Å². The summed E-state index contributed by atoms with van der Waals surface area (Å²) in [6.07, 6.45) is 8.55. The number of aryl methyl sites for hydroxylation is 1. The third-order valence-corrected chi connectivity index (χ3v) is 4.49. The van der Waals surface area contributed by atoms with Gasteiger partial charge in [-0.1, -0.05) is 31.4 Å². The lowest BCUT2D eigenvalue weighted by atomic mass is 9.96. The molecule has 1 saturated carbocycles. The average Bonchev–Trinajstić information content (AvgIpc) is 3.01. The first-order valence-electron chi connectivity index (χ1n) is 8.76. The number of nitrogens with zero attached hydrogens (tertiary/aromatic N) is 2. The van der Waals surface area contributed by atoms with Crippen LogP contribution in [0, 0.1) is 0 Å². The number of guanidine groups is 1. The van der Waals surface area contributed by atoms with Crippen LogP contribution in [0.1, 0.15) is 44.3 Å². The molecule has 3 N–H and O–H groups in total. The van der Waals surface area contributed by atoms with Gasteiger partial charge < -0.3 is 15.6 Å². The molecule has 3 rings (SSSR count). The minimum atomic E-state index is 0. The van der Waals surface area contributed by atoms with E-state index < -0.39 is 0 Å². The van der Waals surface area contributed by atoms with Crippen LogP contribution >= 0.6 is 24.0 Å². The summed E-state index contributed by atoms with van der Waals surface area (Å²) in [5.41, 5.74) is 2.16. The van der Waals surface area contributed by atoms with E-state index in [-0.39, 0.29) is 24.0 Å². The van der Waals surface area contributed by atoms with Crippen LogP contribution in [-0.2, 0) is 6.42 Å². The molecule has 0 amide bonds. The summed E-state index contributed by atoms with van der Waals surface area (Å²) in [5, 5.41) is 6.96. The molecule has 2 aromatic rings. The third-order valence-electron chi connectivity index (χ3n) is 4.49. The monoisotopic (exact) mass is 441 g/mol. The van der Waals surface area contributed by atoms with Crippen LogP contribution in [0.5, 0.6) is 0 Å². The van der Waals surface area contributed by atoms with E-state index in [9.17, 15) is 0 Å². The maximum Gasteiger partial charge on any atom is 0.191 e. The fourth-order valence-electron chi connectivity index (χ4n) is 3.22. The Hall–Kier alpha value is -1.31. The highest BCUT2D eigenvalue weighted by molar-refractivity contribution is 14.0. The van der Waals surface area contributed by atoms with Gasteiger partial charge in [-0.05, 0) is 31.4 Å². The third kappa shape index (κ3) is 5.36. The van der Waals surface area contributed by atoms with E-state index >= 15 is 0 Å². The van der Waals surface area contributed by atoms with E-state index in [1.165, 1.54) is 32.1 Å². The molecule has 0 atom stereocenters. The number of hydrogen-bond donors (Lipinski definition) is 3. The molecule has 24 heavy (non-hydrogen) atoms. The molecule has 0 aliphatic heterocycles. The Kier molecular flexibility index (Phi) is 7.81. The minimum absolute atomic E-state index is 0. The van der Waals surface area contributed by atoms with Crippen molar-refractivity contribution in [3.05, 3.63) is 30.1 Å². The lowest BCUT2D eigenvalue weighted by Gasteiger charge is -2.24. The molecule has 132 valence electrons. The van der Waals surface area contributed by atoms with Crippen LogP contribution in [0.4, 0.5) is 0 Å². The zero-order valence-corrected chi connectivity index (χ0v) is 16.7. The number of hydrogen-bond acceptors (Lipinski definition) is 2. The molecule has 1 heterocycles. The number of aromatic nitrogens is 2. The highest BCUT2D eigenvalue weighted by Gasteiger charge is 2.14. The Morgan fingerprint density at radius 1 is 1.25 bits per heavy atom. The Morgan fingerprint density at radius 2 is 2.04 bits per heavy atom. The first-order valence-corrected chi connectivity index (χ1v) is 8.76. The van der Waals surface area contributed by atoms with Gasteiger partial charge in [0.05, 0.1) is 11.0 Å². The topological polar surface area (TPSA) is 65.1 Å². The zero-order valence-electron chi connectivity index (χ0n) is 14.3. The number of halogens is 1. The summed E-state index contributed by atoms with van der Waals surface area (Å²) in [4.78, 5) is 12.3. The molecule has 5 nitrogen and oxygen atoms in total. The molecule has 1 aliphatic rings. The average molecular weight is 441 g/mol. The predicted octanol–water partition coefficient (Wildman–Crippen LogP) is 3.61. The fourth-order valence-corrected chi connectivity index (χ4v) is 3.22. The number of fused-ring (bicyclic) bond motifs is 1. The maximum absolute atomic E-state index is 4.61. The van der Waals surface area contributed by atoms with E-state index in [1.807, 2.05) is 25.2 Å². The molecule has 1 fully saturated rings. The first kappa shape index (κ1) is 19.0. The summed E-state index contributed by atoms with van der Waals surface area (Å²) < 4.78 is 0. The number of rotatable bonds is 5. The van der Waals surface area contributed by atoms with Crippen LogP contribution in [0.2, 0.25) is 0 Å². The molecule has 0 radical (unpaired) electrons. The number of benzene rings is 1. The van der Waals surface area contributed by atoms with Crippen molar-refractivity contribution >= 4 is 41.0 Å². The summed E-state index contributed by atoms with van der Waals surface area (Å²) in [5.74, 6) is 1.99. The molecule has 1 aromatic carbocycles. The number of aliphatic imine (C=N–C) groups is 1.